The molecule has 2 N–H and O–H groups in total. The molecule has 0 saturated heterocycles. The van der Waals surface area contributed by atoms with E-state index in [4.69, 9.17) is 4.74 Å². The molecule has 0 atom stereocenters. The zero-order valence-electron chi connectivity index (χ0n) is 11.7. The molecular weight excluding hydrogens is 258 g/mol. The zero-order chi connectivity index (χ0) is 14.5. The summed E-state index contributed by atoms with van der Waals surface area (Å²) in [6.07, 6.45) is 0.892. The maximum atomic E-state index is 12.0. The summed E-state index contributed by atoms with van der Waals surface area (Å²) in [7, 11) is 3.99. The third kappa shape index (κ3) is 3.71. The van der Waals surface area contributed by atoms with Crippen LogP contribution in [0.4, 0.5) is 5.69 Å². The molecule has 2 rings (SSSR count). The number of carbonyl (C=O) groups excluding carboxylic acids is 2. The number of benzene rings is 1. The highest BCUT2D eigenvalue weighted by Gasteiger charge is 2.17. The van der Waals surface area contributed by atoms with Crippen LogP contribution in [0.25, 0.3) is 0 Å². The van der Waals surface area contributed by atoms with Gasteiger partial charge in [0.15, 0.2) is 6.61 Å². The molecule has 6 nitrogen and oxygen atoms in total. The summed E-state index contributed by atoms with van der Waals surface area (Å²) in [5.74, 6) is 0.237. The number of carbonyl (C=O) groups is 2. The van der Waals surface area contributed by atoms with Gasteiger partial charge in [0, 0.05) is 12.1 Å². The number of ether oxygens (including phenoxy) is 1. The smallest absolute Gasteiger partial charge is 0.262 e. The molecule has 0 aromatic heterocycles. The van der Waals surface area contributed by atoms with Crippen LogP contribution < -0.4 is 15.4 Å². The third-order valence-electron chi connectivity index (χ3n) is 2.94. The Labute approximate surface area is 118 Å². The monoisotopic (exact) mass is 277 g/mol. The van der Waals surface area contributed by atoms with Crippen molar-refractivity contribution in [3.8, 4) is 5.75 Å². The molecule has 20 heavy (non-hydrogen) atoms. The molecule has 0 aliphatic carbocycles. The maximum absolute atomic E-state index is 12.0. The van der Waals surface area contributed by atoms with Crippen molar-refractivity contribution in [2.75, 3.05) is 39.1 Å². The van der Waals surface area contributed by atoms with Crippen LogP contribution in [0.5, 0.6) is 5.75 Å². The summed E-state index contributed by atoms with van der Waals surface area (Å²) in [4.78, 5) is 25.3. The summed E-state index contributed by atoms with van der Waals surface area (Å²) >= 11 is 0. The van der Waals surface area contributed by atoms with Crippen molar-refractivity contribution in [1.29, 1.82) is 0 Å². The summed E-state index contributed by atoms with van der Waals surface area (Å²) in [5, 5.41) is 5.54. The number of hydrogen-bond acceptors (Lipinski definition) is 4. The van der Waals surface area contributed by atoms with E-state index < -0.39 is 0 Å². The van der Waals surface area contributed by atoms with Crippen molar-refractivity contribution >= 4 is 17.5 Å². The van der Waals surface area contributed by atoms with Crippen LogP contribution in [0.15, 0.2) is 18.2 Å². The first kappa shape index (κ1) is 14.3. The predicted octanol–water partition coefficient (Wildman–Crippen LogP) is 0.699. The largest absolute Gasteiger partial charge is 0.482 e. The summed E-state index contributed by atoms with van der Waals surface area (Å²) < 4.78 is 5.25. The molecule has 0 spiro atoms. The molecule has 0 unspecified atom stereocenters. The second kappa shape index (κ2) is 6.38. The highest BCUT2D eigenvalue weighted by atomic mass is 16.5. The van der Waals surface area contributed by atoms with Gasteiger partial charge < -0.3 is 20.3 Å². The van der Waals surface area contributed by atoms with Crippen LogP contribution in [0, 0.1) is 0 Å². The molecule has 1 heterocycles. The zero-order valence-corrected chi connectivity index (χ0v) is 11.7. The first-order valence-corrected chi connectivity index (χ1v) is 6.56. The lowest BCUT2D eigenvalue weighted by molar-refractivity contribution is -0.118. The average Bonchev–Trinajstić information content (AvgIpc) is 2.42. The Hall–Kier alpha value is -2.08. The number of nitrogens with one attached hydrogen (secondary N) is 2. The fourth-order valence-electron chi connectivity index (χ4n) is 1.92. The number of amides is 2. The first-order valence-electron chi connectivity index (χ1n) is 6.56. The molecule has 108 valence electrons. The second-order valence-corrected chi connectivity index (χ2v) is 4.96. The minimum Gasteiger partial charge on any atom is -0.482 e. The number of hydrogen-bond donors (Lipinski definition) is 2. The van der Waals surface area contributed by atoms with Gasteiger partial charge >= 0.3 is 0 Å². The number of anilines is 1. The fourth-order valence-corrected chi connectivity index (χ4v) is 1.92. The molecule has 1 aliphatic heterocycles. The van der Waals surface area contributed by atoms with Gasteiger partial charge in [0.05, 0.1) is 5.69 Å². The summed E-state index contributed by atoms with van der Waals surface area (Å²) in [5.41, 5.74) is 1.06. The molecular formula is C14H19N3O3. The van der Waals surface area contributed by atoms with E-state index in [0.717, 1.165) is 13.0 Å². The Balaban J connectivity index is 1.93. The standard InChI is InChI=1S/C14H19N3O3/c1-17(2)7-3-6-15-14(19)10-4-5-12-11(8-10)16-13(18)9-20-12/h4-5,8H,3,6-7,9H2,1-2H3,(H,15,19)(H,16,18). The van der Waals surface area contributed by atoms with E-state index in [2.05, 4.69) is 15.5 Å². The van der Waals surface area contributed by atoms with Crippen LogP contribution in [0.3, 0.4) is 0 Å². The average molecular weight is 277 g/mol. The second-order valence-electron chi connectivity index (χ2n) is 4.96. The minimum atomic E-state index is -0.207. The Morgan fingerprint density at radius 2 is 2.25 bits per heavy atom. The van der Waals surface area contributed by atoms with Gasteiger partial charge in [0.1, 0.15) is 5.75 Å². The number of rotatable bonds is 5. The van der Waals surface area contributed by atoms with Gasteiger partial charge in [-0.3, -0.25) is 9.59 Å². The molecule has 0 saturated carbocycles. The number of nitrogens with zero attached hydrogens (tertiary/aromatic N) is 1. The van der Waals surface area contributed by atoms with Gasteiger partial charge in [-0.15, -0.1) is 0 Å². The predicted molar refractivity (Wildman–Crippen MR) is 76.1 cm³/mol. The van der Waals surface area contributed by atoms with Gasteiger partial charge in [-0.2, -0.15) is 0 Å². The Morgan fingerprint density at radius 1 is 1.45 bits per heavy atom. The van der Waals surface area contributed by atoms with Crippen LogP contribution >= 0.6 is 0 Å². The lowest BCUT2D eigenvalue weighted by Crippen LogP contribution is -2.28. The highest BCUT2D eigenvalue weighted by molar-refractivity contribution is 5.99. The highest BCUT2D eigenvalue weighted by Crippen LogP contribution is 2.28. The van der Waals surface area contributed by atoms with Crippen LogP contribution in [0.1, 0.15) is 16.8 Å². The summed E-state index contributed by atoms with van der Waals surface area (Å²) in [6.45, 7) is 1.56. The molecule has 1 aromatic carbocycles. The van der Waals surface area contributed by atoms with Crippen molar-refractivity contribution in [2.24, 2.45) is 0 Å². The van der Waals surface area contributed by atoms with E-state index in [1.807, 2.05) is 14.1 Å². The van der Waals surface area contributed by atoms with Crippen molar-refractivity contribution in [3.63, 3.8) is 0 Å². The Kier molecular flexibility index (Phi) is 4.57. The molecule has 0 fully saturated rings. The molecule has 6 heteroatoms. The van der Waals surface area contributed by atoms with Gasteiger partial charge in [0.25, 0.3) is 11.8 Å². The van der Waals surface area contributed by atoms with E-state index in [-0.39, 0.29) is 18.4 Å². The normalized spacial score (nSPS) is 13.4. The quantitative estimate of drug-likeness (QED) is 0.777. The maximum Gasteiger partial charge on any atom is 0.262 e. The minimum absolute atomic E-state index is 0.0169. The first-order chi connectivity index (χ1) is 9.56. The molecule has 2 amide bonds. The van der Waals surface area contributed by atoms with E-state index in [9.17, 15) is 9.59 Å². The SMILES string of the molecule is CN(C)CCCNC(=O)c1ccc2c(c1)NC(=O)CO2. The molecule has 1 aromatic rings. The van der Waals surface area contributed by atoms with Crippen molar-refractivity contribution in [1.82, 2.24) is 10.2 Å². The van der Waals surface area contributed by atoms with Gasteiger partial charge in [-0.1, -0.05) is 0 Å². The van der Waals surface area contributed by atoms with Crippen molar-refractivity contribution in [2.45, 2.75) is 6.42 Å². The molecule has 1 aliphatic rings. The van der Waals surface area contributed by atoms with Gasteiger partial charge in [0.2, 0.25) is 0 Å². The molecule has 0 bridgehead atoms. The Bertz CT molecular complexity index is 514. The lowest BCUT2D eigenvalue weighted by atomic mass is 10.1. The van der Waals surface area contributed by atoms with Crippen LogP contribution in [-0.2, 0) is 4.79 Å². The fraction of sp³-hybridized carbons (Fsp3) is 0.429. The van der Waals surface area contributed by atoms with E-state index in [1.54, 1.807) is 18.2 Å². The van der Waals surface area contributed by atoms with Gasteiger partial charge in [-0.25, -0.2) is 0 Å². The number of fused-ring (bicyclic) bond motifs is 1. The van der Waals surface area contributed by atoms with E-state index in [0.29, 0.717) is 23.5 Å². The third-order valence-corrected chi connectivity index (χ3v) is 2.94. The van der Waals surface area contributed by atoms with Crippen LogP contribution in [-0.4, -0.2) is 50.5 Å². The lowest BCUT2D eigenvalue weighted by Gasteiger charge is -2.18. The topological polar surface area (TPSA) is 70.7 Å². The summed E-state index contributed by atoms with van der Waals surface area (Å²) in [6, 6.07) is 5.02. The van der Waals surface area contributed by atoms with Crippen LogP contribution in [0.2, 0.25) is 0 Å². The van der Waals surface area contributed by atoms with E-state index >= 15 is 0 Å². The Morgan fingerprint density at radius 3 is 3.00 bits per heavy atom. The molecule has 0 radical (unpaired) electrons. The van der Waals surface area contributed by atoms with E-state index in [1.165, 1.54) is 0 Å². The van der Waals surface area contributed by atoms with Gasteiger partial charge in [-0.05, 0) is 45.3 Å². The van der Waals surface area contributed by atoms with Crippen molar-refractivity contribution in [3.05, 3.63) is 23.8 Å². The van der Waals surface area contributed by atoms with Crippen molar-refractivity contribution < 1.29 is 14.3 Å².